The molecule has 0 aromatic heterocycles. The summed E-state index contributed by atoms with van der Waals surface area (Å²) < 4.78 is 11.2. The van der Waals surface area contributed by atoms with Gasteiger partial charge in [0.1, 0.15) is 17.3 Å². The van der Waals surface area contributed by atoms with Gasteiger partial charge >= 0.3 is 0 Å². The number of aryl methyl sites for hydroxylation is 1. The first kappa shape index (κ1) is 24.1. The van der Waals surface area contributed by atoms with Crippen LogP contribution in [0.3, 0.4) is 0 Å². The Morgan fingerprint density at radius 1 is 1.00 bits per heavy atom. The maximum Gasteiger partial charge on any atom is 0.300 e. The fourth-order valence-electron chi connectivity index (χ4n) is 4.19. The minimum Gasteiger partial charge on any atom is -0.507 e. The number of anilines is 1. The monoisotopic (exact) mass is 471 g/mol. The molecule has 0 aliphatic carbocycles. The molecule has 1 fully saturated rings. The molecular weight excluding hydrogens is 442 g/mol. The fourth-order valence-corrected chi connectivity index (χ4v) is 4.19. The van der Waals surface area contributed by atoms with Crippen LogP contribution < -0.4 is 14.4 Å². The standard InChI is InChI=1S/C29H29NO5/c1-18(2)17-35-22-14-12-20(13-15-22)27(31)25-26(21-9-7-8-19(3)16-21)30(29(33)28(25)32)23-10-5-6-11-24(23)34-4/h5-16,18,26,31H,17H2,1-4H3/b27-25-. The van der Waals surface area contributed by atoms with Crippen LogP contribution in [0.2, 0.25) is 0 Å². The molecule has 4 rings (SSSR count). The SMILES string of the molecule is COc1ccccc1N1C(=O)C(=O)/C(=C(\O)c2ccc(OCC(C)C)cc2)C1c1cccc(C)c1. The highest BCUT2D eigenvalue weighted by atomic mass is 16.5. The predicted molar refractivity (Wildman–Crippen MR) is 136 cm³/mol. The lowest BCUT2D eigenvalue weighted by Gasteiger charge is -2.27. The molecule has 1 unspecified atom stereocenters. The Morgan fingerprint density at radius 2 is 1.71 bits per heavy atom. The molecule has 35 heavy (non-hydrogen) atoms. The van der Waals surface area contributed by atoms with Crippen LogP contribution in [0, 0.1) is 12.8 Å². The van der Waals surface area contributed by atoms with Crippen molar-refractivity contribution in [1.82, 2.24) is 0 Å². The number of aliphatic hydroxyl groups excluding tert-OH is 1. The van der Waals surface area contributed by atoms with Gasteiger partial charge in [-0.1, -0.05) is 55.8 Å². The van der Waals surface area contributed by atoms with Gasteiger partial charge in [0.25, 0.3) is 11.7 Å². The quantitative estimate of drug-likeness (QED) is 0.273. The van der Waals surface area contributed by atoms with Crippen molar-refractivity contribution >= 4 is 23.1 Å². The molecule has 1 amide bonds. The van der Waals surface area contributed by atoms with E-state index in [0.29, 0.717) is 40.8 Å². The maximum absolute atomic E-state index is 13.3. The van der Waals surface area contributed by atoms with Crippen molar-refractivity contribution in [2.24, 2.45) is 5.92 Å². The van der Waals surface area contributed by atoms with Gasteiger partial charge in [-0.2, -0.15) is 0 Å². The molecule has 1 N–H and O–H groups in total. The summed E-state index contributed by atoms with van der Waals surface area (Å²) in [5.74, 6) is -0.204. The summed E-state index contributed by atoms with van der Waals surface area (Å²) in [5, 5.41) is 11.3. The molecule has 0 saturated carbocycles. The van der Waals surface area contributed by atoms with Crippen LogP contribution in [0.1, 0.15) is 36.6 Å². The summed E-state index contributed by atoms with van der Waals surface area (Å²) in [6, 6.07) is 20.7. The topological polar surface area (TPSA) is 76.1 Å². The van der Waals surface area contributed by atoms with Gasteiger partial charge in [0.2, 0.25) is 0 Å². The second-order valence-corrected chi connectivity index (χ2v) is 8.98. The molecular formula is C29H29NO5. The molecule has 6 nitrogen and oxygen atoms in total. The van der Waals surface area contributed by atoms with Crippen molar-refractivity contribution in [3.05, 3.63) is 95.1 Å². The van der Waals surface area contributed by atoms with E-state index < -0.39 is 17.7 Å². The first-order valence-corrected chi connectivity index (χ1v) is 11.6. The predicted octanol–water partition coefficient (Wildman–Crippen LogP) is 5.66. The Balaban J connectivity index is 1.85. The Kier molecular flexibility index (Phi) is 6.92. The average Bonchev–Trinajstić information content (AvgIpc) is 3.12. The lowest BCUT2D eigenvalue weighted by molar-refractivity contribution is -0.132. The number of hydrogen-bond donors (Lipinski definition) is 1. The Morgan fingerprint density at radius 3 is 2.37 bits per heavy atom. The lowest BCUT2D eigenvalue weighted by Crippen LogP contribution is -2.29. The van der Waals surface area contributed by atoms with E-state index in [4.69, 9.17) is 9.47 Å². The van der Waals surface area contributed by atoms with Gasteiger partial charge in [-0.25, -0.2) is 0 Å². The maximum atomic E-state index is 13.3. The Bertz CT molecular complexity index is 1280. The smallest absolute Gasteiger partial charge is 0.300 e. The number of hydrogen-bond acceptors (Lipinski definition) is 5. The molecule has 0 radical (unpaired) electrons. The Hall–Kier alpha value is -4.06. The van der Waals surface area contributed by atoms with Crippen LogP contribution >= 0.6 is 0 Å². The van der Waals surface area contributed by atoms with E-state index in [1.165, 1.54) is 12.0 Å². The van der Waals surface area contributed by atoms with E-state index in [1.54, 1.807) is 48.5 Å². The lowest BCUT2D eigenvalue weighted by atomic mass is 9.94. The molecule has 1 saturated heterocycles. The van der Waals surface area contributed by atoms with Crippen LogP contribution in [-0.4, -0.2) is 30.5 Å². The zero-order chi connectivity index (χ0) is 25.1. The third-order valence-electron chi connectivity index (χ3n) is 5.86. The van der Waals surface area contributed by atoms with E-state index in [2.05, 4.69) is 13.8 Å². The summed E-state index contributed by atoms with van der Waals surface area (Å²) in [7, 11) is 1.51. The largest absolute Gasteiger partial charge is 0.507 e. The first-order chi connectivity index (χ1) is 16.8. The van der Waals surface area contributed by atoms with E-state index in [0.717, 1.165) is 5.56 Å². The molecule has 3 aromatic rings. The molecule has 1 aliphatic rings. The third kappa shape index (κ3) is 4.78. The molecule has 1 atom stereocenters. The molecule has 0 bridgehead atoms. The van der Waals surface area contributed by atoms with Crippen molar-refractivity contribution in [3.8, 4) is 11.5 Å². The van der Waals surface area contributed by atoms with Gasteiger partial charge in [-0.3, -0.25) is 14.5 Å². The third-order valence-corrected chi connectivity index (χ3v) is 5.86. The average molecular weight is 472 g/mol. The Labute approximate surface area is 205 Å². The summed E-state index contributed by atoms with van der Waals surface area (Å²) >= 11 is 0. The van der Waals surface area contributed by atoms with Crippen LogP contribution in [0.4, 0.5) is 5.69 Å². The van der Waals surface area contributed by atoms with Crippen molar-refractivity contribution in [1.29, 1.82) is 0 Å². The van der Waals surface area contributed by atoms with Gasteiger partial charge in [-0.05, 0) is 54.8 Å². The van der Waals surface area contributed by atoms with Gasteiger partial charge in [-0.15, -0.1) is 0 Å². The van der Waals surface area contributed by atoms with Crippen LogP contribution in [-0.2, 0) is 9.59 Å². The number of aliphatic hydroxyl groups is 1. The number of para-hydroxylation sites is 2. The summed E-state index contributed by atoms with van der Waals surface area (Å²) in [6.07, 6.45) is 0. The van der Waals surface area contributed by atoms with E-state index in [1.807, 2.05) is 31.2 Å². The number of methoxy groups -OCH3 is 1. The van der Waals surface area contributed by atoms with Crippen molar-refractivity contribution in [3.63, 3.8) is 0 Å². The zero-order valence-electron chi connectivity index (χ0n) is 20.3. The summed E-state index contributed by atoms with van der Waals surface area (Å²) in [5.41, 5.74) is 2.60. The molecule has 1 aliphatic heterocycles. The summed E-state index contributed by atoms with van der Waals surface area (Å²) in [4.78, 5) is 28.1. The van der Waals surface area contributed by atoms with Crippen LogP contribution in [0.15, 0.2) is 78.4 Å². The van der Waals surface area contributed by atoms with Gasteiger partial charge in [0, 0.05) is 5.56 Å². The fraction of sp³-hybridized carbons (Fsp3) is 0.241. The molecule has 1 heterocycles. The highest BCUT2D eigenvalue weighted by molar-refractivity contribution is 6.51. The van der Waals surface area contributed by atoms with Crippen molar-refractivity contribution < 1.29 is 24.2 Å². The number of nitrogens with zero attached hydrogens (tertiary/aromatic N) is 1. The molecule has 6 heteroatoms. The van der Waals surface area contributed by atoms with Gasteiger partial charge in [0.15, 0.2) is 0 Å². The number of benzene rings is 3. The molecule has 180 valence electrons. The first-order valence-electron chi connectivity index (χ1n) is 11.6. The molecule has 0 spiro atoms. The highest BCUT2D eigenvalue weighted by Crippen LogP contribution is 2.45. The van der Waals surface area contributed by atoms with Gasteiger partial charge in [0.05, 0.1) is 31.0 Å². The van der Waals surface area contributed by atoms with Crippen LogP contribution in [0.25, 0.3) is 5.76 Å². The highest BCUT2D eigenvalue weighted by Gasteiger charge is 2.47. The van der Waals surface area contributed by atoms with E-state index in [9.17, 15) is 14.7 Å². The van der Waals surface area contributed by atoms with Gasteiger partial charge < -0.3 is 14.6 Å². The second kappa shape index (κ2) is 10.1. The summed E-state index contributed by atoms with van der Waals surface area (Å²) in [6.45, 7) is 6.63. The minimum atomic E-state index is -0.817. The second-order valence-electron chi connectivity index (χ2n) is 8.98. The van der Waals surface area contributed by atoms with E-state index >= 15 is 0 Å². The number of rotatable bonds is 7. The van der Waals surface area contributed by atoms with Crippen molar-refractivity contribution in [2.45, 2.75) is 26.8 Å². The number of Topliss-reactive ketones (excluding diaryl/α,β-unsaturated/α-hetero) is 1. The van der Waals surface area contributed by atoms with Crippen molar-refractivity contribution in [2.75, 3.05) is 18.6 Å². The van der Waals surface area contributed by atoms with E-state index in [-0.39, 0.29) is 11.3 Å². The number of amides is 1. The number of ketones is 1. The van der Waals surface area contributed by atoms with Crippen LogP contribution in [0.5, 0.6) is 11.5 Å². The normalized spacial score (nSPS) is 17.2. The minimum absolute atomic E-state index is 0.0300. The molecule has 3 aromatic carbocycles. The zero-order valence-corrected chi connectivity index (χ0v) is 20.3. The number of carbonyl (C=O) groups excluding carboxylic acids is 2. The number of ether oxygens (including phenoxy) is 2. The number of carbonyl (C=O) groups is 2.